The van der Waals surface area contributed by atoms with Crippen molar-refractivity contribution in [3.8, 4) is 0 Å². The van der Waals surface area contributed by atoms with Crippen molar-refractivity contribution >= 4 is 17.9 Å². The van der Waals surface area contributed by atoms with Crippen LogP contribution in [-0.4, -0.2) is 37.2 Å². The fourth-order valence-corrected chi connectivity index (χ4v) is 6.75. The molecule has 0 bridgehead atoms. The zero-order valence-corrected chi connectivity index (χ0v) is 42.0. The highest BCUT2D eigenvalue weighted by molar-refractivity contribution is 5.71. The first kappa shape index (κ1) is 61.1. The molecule has 6 nitrogen and oxygen atoms in total. The van der Waals surface area contributed by atoms with E-state index in [1.54, 1.807) is 0 Å². The average molecular weight is 901 g/mol. The summed E-state index contributed by atoms with van der Waals surface area (Å²) < 4.78 is 16.7. The van der Waals surface area contributed by atoms with Crippen LogP contribution in [0.5, 0.6) is 0 Å². The number of ether oxygens (including phenoxy) is 3. The third-order valence-corrected chi connectivity index (χ3v) is 10.7. The molecule has 6 heteroatoms. The third-order valence-electron chi connectivity index (χ3n) is 10.7. The number of hydrogen-bond acceptors (Lipinski definition) is 6. The molecule has 1 unspecified atom stereocenters. The Morgan fingerprint density at radius 1 is 0.323 bits per heavy atom. The molecule has 0 saturated heterocycles. The van der Waals surface area contributed by atoms with Gasteiger partial charge in [0, 0.05) is 19.3 Å². The van der Waals surface area contributed by atoms with Crippen molar-refractivity contribution in [2.75, 3.05) is 13.2 Å². The summed E-state index contributed by atoms with van der Waals surface area (Å²) in [4.78, 5) is 38.0. The lowest BCUT2D eigenvalue weighted by Gasteiger charge is -2.18. The van der Waals surface area contributed by atoms with Crippen LogP contribution in [0.2, 0.25) is 0 Å². The van der Waals surface area contributed by atoms with E-state index in [0.717, 1.165) is 128 Å². The Labute approximate surface area is 400 Å². The van der Waals surface area contributed by atoms with Crippen molar-refractivity contribution in [2.24, 2.45) is 0 Å². The molecule has 0 radical (unpaired) electrons. The summed E-state index contributed by atoms with van der Waals surface area (Å²) in [5, 5.41) is 0. The van der Waals surface area contributed by atoms with Gasteiger partial charge in [-0.2, -0.15) is 0 Å². The number of carbonyl (C=O) groups is 3. The van der Waals surface area contributed by atoms with Crippen LogP contribution in [0.3, 0.4) is 0 Å². The van der Waals surface area contributed by atoms with Gasteiger partial charge in [0.1, 0.15) is 13.2 Å². The second-order valence-corrected chi connectivity index (χ2v) is 17.0. The van der Waals surface area contributed by atoms with Crippen molar-refractivity contribution in [1.29, 1.82) is 0 Å². The second kappa shape index (κ2) is 52.7. The summed E-state index contributed by atoms with van der Waals surface area (Å²) in [7, 11) is 0. The first-order chi connectivity index (χ1) is 32.0. The smallest absolute Gasteiger partial charge is 0.306 e. The third kappa shape index (κ3) is 50.9. The summed E-state index contributed by atoms with van der Waals surface area (Å²) in [5.41, 5.74) is 0. The molecule has 0 aromatic carbocycles. The summed E-state index contributed by atoms with van der Waals surface area (Å²) in [5.74, 6) is -0.978. The molecule has 65 heavy (non-hydrogen) atoms. The molecule has 0 N–H and O–H groups in total. The lowest BCUT2D eigenvalue weighted by molar-refractivity contribution is -0.167. The number of esters is 3. The molecule has 0 aliphatic carbocycles. The molecular weight excluding hydrogens is 805 g/mol. The van der Waals surface area contributed by atoms with Crippen LogP contribution >= 0.6 is 0 Å². The minimum Gasteiger partial charge on any atom is -0.462 e. The van der Waals surface area contributed by atoms with Crippen molar-refractivity contribution in [3.63, 3.8) is 0 Å². The molecule has 368 valence electrons. The van der Waals surface area contributed by atoms with E-state index in [2.05, 4.69) is 130 Å². The van der Waals surface area contributed by atoms with Gasteiger partial charge in [0.25, 0.3) is 0 Å². The summed E-state index contributed by atoms with van der Waals surface area (Å²) in [6.45, 7) is 6.39. The van der Waals surface area contributed by atoms with Gasteiger partial charge in [-0.3, -0.25) is 14.4 Å². The predicted molar refractivity (Wildman–Crippen MR) is 279 cm³/mol. The van der Waals surface area contributed by atoms with Crippen LogP contribution in [0.4, 0.5) is 0 Å². The van der Waals surface area contributed by atoms with Crippen molar-refractivity contribution in [3.05, 3.63) is 109 Å². The van der Waals surface area contributed by atoms with E-state index >= 15 is 0 Å². The SMILES string of the molecule is CC/C=C\C/C=C\C/C=C\C/C=C\C/C=C\C/C=C\CCCCC(=O)OCC(COC(=O)CCCCCCC/C=C\CCCC)OC(=O)CCCCCCC/C=C\C/C=C\CCCCC. The molecule has 0 fully saturated rings. The first-order valence-corrected chi connectivity index (χ1v) is 26.4. The maximum Gasteiger partial charge on any atom is 0.306 e. The van der Waals surface area contributed by atoms with Gasteiger partial charge in [-0.05, 0) is 122 Å². The number of allylic oxidation sites excluding steroid dienone is 18. The van der Waals surface area contributed by atoms with Crippen LogP contribution in [0.25, 0.3) is 0 Å². The fraction of sp³-hybridized carbons (Fsp3) is 0.644. The summed E-state index contributed by atoms with van der Waals surface area (Å²) in [6, 6.07) is 0. The number of hydrogen-bond donors (Lipinski definition) is 0. The van der Waals surface area contributed by atoms with Gasteiger partial charge in [0.15, 0.2) is 6.10 Å². The lowest BCUT2D eigenvalue weighted by atomic mass is 10.1. The maximum atomic E-state index is 12.8. The molecule has 0 aromatic rings. The monoisotopic (exact) mass is 901 g/mol. The van der Waals surface area contributed by atoms with Crippen molar-refractivity contribution in [2.45, 2.75) is 232 Å². The number of unbranched alkanes of at least 4 members (excludes halogenated alkanes) is 17. The van der Waals surface area contributed by atoms with Crippen LogP contribution in [0.15, 0.2) is 109 Å². The van der Waals surface area contributed by atoms with Crippen LogP contribution in [0.1, 0.15) is 226 Å². The summed E-state index contributed by atoms with van der Waals surface area (Å²) in [6.07, 6.45) is 70.7. The topological polar surface area (TPSA) is 78.9 Å². The van der Waals surface area contributed by atoms with E-state index in [4.69, 9.17) is 14.2 Å². The Bertz CT molecular complexity index is 1360. The van der Waals surface area contributed by atoms with Crippen LogP contribution < -0.4 is 0 Å². The Kier molecular flexibility index (Phi) is 49.5. The molecule has 0 spiro atoms. The van der Waals surface area contributed by atoms with E-state index in [9.17, 15) is 14.4 Å². The van der Waals surface area contributed by atoms with E-state index in [1.807, 2.05) is 0 Å². The molecule has 0 aromatic heterocycles. The van der Waals surface area contributed by atoms with Gasteiger partial charge >= 0.3 is 17.9 Å². The minimum absolute atomic E-state index is 0.104. The average Bonchev–Trinajstić information content (AvgIpc) is 3.30. The van der Waals surface area contributed by atoms with Crippen molar-refractivity contribution < 1.29 is 28.6 Å². The zero-order chi connectivity index (χ0) is 47.2. The zero-order valence-electron chi connectivity index (χ0n) is 42.0. The fourth-order valence-electron chi connectivity index (χ4n) is 6.75. The molecule has 0 aliphatic rings. The van der Waals surface area contributed by atoms with Gasteiger partial charge in [0.2, 0.25) is 0 Å². The second-order valence-electron chi connectivity index (χ2n) is 17.0. The van der Waals surface area contributed by atoms with Gasteiger partial charge < -0.3 is 14.2 Å². The standard InChI is InChI=1S/C59H96O6/c1-4-7-10-13-16-19-22-24-26-27-28-29-30-31-33-34-37-40-43-46-49-52-58(61)64-55-56(54-63-57(60)51-48-45-42-39-36-21-18-15-12-9-6-3)65-59(62)53-50-47-44-41-38-35-32-25-23-20-17-14-11-8-5-2/h7,10,15-20,24-26,28-29,31-33,37,40,56H,4-6,8-9,11-14,21-23,27,30,34-36,38-39,41-55H2,1-3H3/b10-7-,18-15-,19-16-,20-17-,26-24-,29-28-,32-25-,33-31-,40-37-. The largest absolute Gasteiger partial charge is 0.462 e. The molecule has 0 rings (SSSR count). The Balaban J connectivity index is 4.48. The normalized spacial score (nSPS) is 13.0. The lowest BCUT2D eigenvalue weighted by Crippen LogP contribution is -2.30. The highest BCUT2D eigenvalue weighted by Crippen LogP contribution is 2.13. The number of carbonyl (C=O) groups excluding carboxylic acids is 3. The predicted octanol–water partition coefficient (Wildman–Crippen LogP) is 17.5. The molecule has 1 atom stereocenters. The molecular formula is C59H96O6. The first-order valence-electron chi connectivity index (χ1n) is 26.4. The van der Waals surface area contributed by atoms with Crippen molar-refractivity contribution in [1.82, 2.24) is 0 Å². The highest BCUT2D eigenvalue weighted by atomic mass is 16.6. The quantitative estimate of drug-likeness (QED) is 0.0262. The van der Waals surface area contributed by atoms with E-state index in [1.165, 1.54) is 51.4 Å². The number of rotatable bonds is 46. The Morgan fingerprint density at radius 3 is 1.03 bits per heavy atom. The van der Waals surface area contributed by atoms with Gasteiger partial charge in [-0.25, -0.2) is 0 Å². The Hall–Kier alpha value is -3.93. The molecule has 0 aliphatic heterocycles. The minimum atomic E-state index is -0.808. The van der Waals surface area contributed by atoms with Gasteiger partial charge in [-0.1, -0.05) is 194 Å². The summed E-state index contributed by atoms with van der Waals surface area (Å²) >= 11 is 0. The van der Waals surface area contributed by atoms with E-state index < -0.39 is 6.10 Å². The maximum absolute atomic E-state index is 12.8. The van der Waals surface area contributed by atoms with Gasteiger partial charge in [-0.15, -0.1) is 0 Å². The van der Waals surface area contributed by atoms with E-state index in [0.29, 0.717) is 25.7 Å². The van der Waals surface area contributed by atoms with Crippen LogP contribution in [-0.2, 0) is 28.6 Å². The Morgan fingerprint density at radius 2 is 0.615 bits per heavy atom. The van der Waals surface area contributed by atoms with E-state index in [-0.39, 0.29) is 31.1 Å². The molecule has 0 saturated carbocycles. The molecule has 0 heterocycles. The molecule has 0 amide bonds. The van der Waals surface area contributed by atoms with Crippen LogP contribution in [0, 0.1) is 0 Å². The van der Waals surface area contributed by atoms with Gasteiger partial charge in [0.05, 0.1) is 0 Å². The highest BCUT2D eigenvalue weighted by Gasteiger charge is 2.19.